The van der Waals surface area contributed by atoms with Crippen molar-refractivity contribution in [1.82, 2.24) is 5.32 Å². The molecule has 3 nitrogen and oxygen atoms in total. The Morgan fingerprint density at radius 2 is 1.95 bits per heavy atom. The van der Waals surface area contributed by atoms with Gasteiger partial charge in [-0.15, -0.1) is 0 Å². The van der Waals surface area contributed by atoms with Gasteiger partial charge in [-0.2, -0.15) is 0 Å². The highest BCUT2D eigenvalue weighted by Crippen LogP contribution is 2.47. The van der Waals surface area contributed by atoms with Gasteiger partial charge in [-0.25, -0.2) is 0 Å². The zero-order valence-electron chi connectivity index (χ0n) is 11.4. The number of nitrogens with two attached hydrogens (primary N) is 1. The Morgan fingerprint density at radius 3 is 2.58 bits per heavy atom. The Balaban J connectivity index is 1.66. The van der Waals surface area contributed by atoms with Crippen LogP contribution in [-0.2, 0) is 4.79 Å². The summed E-state index contributed by atoms with van der Waals surface area (Å²) in [4.78, 5) is 12.4. The Kier molecular flexibility index (Phi) is 3.31. The smallest absolute Gasteiger partial charge is 0.225 e. The third-order valence-corrected chi connectivity index (χ3v) is 4.94. The van der Waals surface area contributed by atoms with E-state index in [1.165, 1.54) is 12.8 Å². The van der Waals surface area contributed by atoms with Crippen LogP contribution in [0.15, 0.2) is 30.3 Å². The molecule has 5 atom stereocenters. The lowest BCUT2D eigenvalue weighted by molar-refractivity contribution is -0.127. The second kappa shape index (κ2) is 4.97. The van der Waals surface area contributed by atoms with E-state index in [2.05, 4.69) is 5.32 Å². The molecule has 5 unspecified atom stereocenters. The van der Waals surface area contributed by atoms with Crippen molar-refractivity contribution in [2.24, 2.45) is 23.5 Å². The van der Waals surface area contributed by atoms with Gasteiger partial charge >= 0.3 is 0 Å². The van der Waals surface area contributed by atoms with E-state index < -0.39 is 0 Å². The molecule has 0 spiro atoms. The summed E-state index contributed by atoms with van der Waals surface area (Å²) in [5.74, 6) is 1.27. The summed E-state index contributed by atoms with van der Waals surface area (Å²) >= 11 is 0. The van der Waals surface area contributed by atoms with Crippen molar-refractivity contribution in [1.29, 1.82) is 0 Å². The van der Waals surface area contributed by atoms with E-state index in [0.29, 0.717) is 11.8 Å². The van der Waals surface area contributed by atoms with Crippen LogP contribution in [-0.4, -0.2) is 11.9 Å². The van der Waals surface area contributed by atoms with E-state index in [4.69, 9.17) is 5.73 Å². The molecule has 1 aromatic carbocycles. The van der Waals surface area contributed by atoms with Crippen molar-refractivity contribution in [3.05, 3.63) is 35.9 Å². The zero-order chi connectivity index (χ0) is 13.4. The molecule has 3 heteroatoms. The average Bonchev–Trinajstić information content (AvgIpc) is 3.00. The number of hydrogen-bond donors (Lipinski definition) is 2. The fraction of sp³-hybridized carbons (Fsp3) is 0.562. The topological polar surface area (TPSA) is 55.1 Å². The van der Waals surface area contributed by atoms with Crippen molar-refractivity contribution >= 4 is 5.91 Å². The number of rotatable bonds is 3. The Morgan fingerprint density at radius 1 is 1.26 bits per heavy atom. The van der Waals surface area contributed by atoms with Gasteiger partial charge < -0.3 is 11.1 Å². The normalized spacial score (nSPS) is 34.2. The maximum absolute atomic E-state index is 12.4. The van der Waals surface area contributed by atoms with E-state index in [9.17, 15) is 4.79 Å². The summed E-state index contributed by atoms with van der Waals surface area (Å²) in [5.41, 5.74) is 7.36. The highest BCUT2D eigenvalue weighted by Gasteiger charge is 2.49. The maximum atomic E-state index is 12.4. The molecule has 2 aliphatic rings. The van der Waals surface area contributed by atoms with Crippen molar-refractivity contribution < 1.29 is 4.79 Å². The number of carbonyl (C=O) groups is 1. The van der Waals surface area contributed by atoms with Crippen molar-refractivity contribution in [3.63, 3.8) is 0 Å². The second-order valence-electron chi connectivity index (χ2n) is 6.08. The molecule has 0 aliphatic heterocycles. The molecule has 0 radical (unpaired) electrons. The minimum atomic E-state index is 0.0323. The molecular weight excluding hydrogens is 236 g/mol. The number of hydrogen-bond acceptors (Lipinski definition) is 2. The van der Waals surface area contributed by atoms with Crippen molar-refractivity contribution in [2.45, 2.75) is 38.3 Å². The monoisotopic (exact) mass is 258 g/mol. The maximum Gasteiger partial charge on any atom is 0.225 e. The molecule has 0 aromatic heterocycles. The van der Waals surface area contributed by atoms with Gasteiger partial charge in [0, 0.05) is 6.04 Å². The molecule has 0 heterocycles. The van der Waals surface area contributed by atoms with Gasteiger partial charge in [0.15, 0.2) is 0 Å². The number of fused-ring (bicyclic) bond motifs is 2. The van der Waals surface area contributed by atoms with Crippen LogP contribution in [0, 0.1) is 17.8 Å². The molecular formula is C16H22N2O. The van der Waals surface area contributed by atoms with E-state index in [1.54, 1.807) is 0 Å². The van der Waals surface area contributed by atoms with Crippen LogP contribution < -0.4 is 11.1 Å². The molecule has 3 rings (SSSR count). The van der Waals surface area contributed by atoms with Crippen LogP contribution in [0.2, 0.25) is 0 Å². The van der Waals surface area contributed by atoms with E-state index in [-0.39, 0.29) is 23.9 Å². The first-order valence-electron chi connectivity index (χ1n) is 7.27. The van der Waals surface area contributed by atoms with Crippen molar-refractivity contribution in [2.75, 3.05) is 0 Å². The molecule has 3 N–H and O–H groups in total. The van der Waals surface area contributed by atoms with E-state index in [1.807, 2.05) is 37.3 Å². The predicted molar refractivity (Wildman–Crippen MR) is 75.3 cm³/mol. The Hall–Kier alpha value is -1.35. The van der Waals surface area contributed by atoms with Gasteiger partial charge in [0.1, 0.15) is 0 Å². The van der Waals surface area contributed by atoms with Crippen LogP contribution in [0.3, 0.4) is 0 Å². The van der Waals surface area contributed by atoms with E-state index >= 15 is 0 Å². The third kappa shape index (κ3) is 2.27. The van der Waals surface area contributed by atoms with Gasteiger partial charge in [-0.1, -0.05) is 30.3 Å². The highest BCUT2D eigenvalue weighted by molar-refractivity contribution is 5.80. The van der Waals surface area contributed by atoms with Crippen LogP contribution in [0.25, 0.3) is 0 Å². The van der Waals surface area contributed by atoms with E-state index in [0.717, 1.165) is 12.0 Å². The van der Waals surface area contributed by atoms with Gasteiger partial charge in [-0.05, 0) is 43.6 Å². The molecule has 0 saturated heterocycles. The lowest BCUT2D eigenvalue weighted by Crippen LogP contribution is -2.45. The first-order valence-corrected chi connectivity index (χ1v) is 7.27. The Bertz CT molecular complexity index is 457. The van der Waals surface area contributed by atoms with Gasteiger partial charge in [0.2, 0.25) is 5.91 Å². The highest BCUT2D eigenvalue weighted by atomic mass is 16.2. The fourth-order valence-corrected chi connectivity index (χ4v) is 3.86. The lowest BCUT2D eigenvalue weighted by atomic mass is 9.84. The lowest BCUT2D eigenvalue weighted by Gasteiger charge is -2.28. The van der Waals surface area contributed by atoms with Crippen LogP contribution in [0.1, 0.15) is 37.8 Å². The van der Waals surface area contributed by atoms with Crippen LogP contribution in [0.5, 0.6) is 0 Å². The molecule has 2 fully saturated rings. The Labute approximate surface area is 114 Å². The summed E-state index contributed by atoms with van der Waals surface area (Å²) in [7, 11) is 0. The number of nitrogens with one attached hydrogen (secondary N) is 1. The van der Waals surface area contributed by atoms with Gasteiger partial charge in [0.05, 0.1) is 12.0 Å². The molecule has 102 valence electrons. The summed E-state index contributed by atoms with van der Waals surface area (Å²) in [6, 6.07) is 10.2. The third-order valence-electron chi connectivity index (χ3n) is 4.94. The molecule has 1 amide bonds. The molecule has 2 aliphatic carbocycles. The summed E-state index contributed by atoms with van der Waals surface area (Å²) in [5, 5.41) is 3.13. The standard InChI is InChI=1S/C16H22N2O/c1-10(11-5-3-2-4-6-11)18-16(19)14-12-7-8-13(9-12)15(14)17/h2-6,10,12-15H,7-9,17H2,1H3,(H,18,19). The van der Waals surface area contributed by atoms with Crippen molar-refractivity contribution in [3.8, 4) is 0 Å². The molecule has 2 saturated carbocycles. The van der Waals surface area contributed by atoms with Crippen LogP contribution >= 0.6 is 0 Å². The van der Waals surface area contributed by atoms with Crippen LogP contribution in [0.4, 0.5) is 0 Å². The SMILES string of the molecule is CC(NC(=O)C1C2CCC(C2)C1N)c1ccccc1. The van der Waals surface area contributed by atoms with Gasteiger partial charge in [-0.3, -0.25) is 4.79 Å². The predicted octanol–water partition coefficient (Wildman–Crippen LogP) is 2.24. The number of benzene rings is 1. The molecule has 19 heavy (non-hydrogen) atoms. The summed E-state index contributed by atoms with van der Waals surface area (Å²) in [6.07, 6.45) is 3.54. The summed E-state index contributed by atoms with van der Waals surface area (Å²) in [6.45, 7) is 2.03. The first kappa shape index (κ1) is 12.7. The number of carbonyl (C=O) groups excluding carboxylic acids is 1. The number of amides is 1. The summed E-state index contributed by atoms with van der Waals surface area (Å²) < 4.78 is 0. The minimum absolute atomic E-state index is 0.0323. The zero-order valence-corrected chi connectivity index (χ0v) is 11.4. The quantitative estimate of drug-likeness (QED) is 0.873. The molecule has 2 bridgehead atoms. The largest absolute Gasteiger partial charge is 0.349 e. The first-order chi connectivity index (χ1) is 9.16. The minimum Gasteiger partial charge on any atom is -0.349 e. The van der Waals surface area contributed by atoms with Gasteiger partial charge in [0.25, 0.3) is 0 Å². The second-order valence-corrected chi connectivity index (χ2v) is 6.08. The average molecular weight is 258 g/mol. The fourth-order valence-electron chi connectivity index (χ4n) is 3.86. The molecule has 1 aromatic rings.